The number of methoxy groups -OCH3 is 1. The van der Waals surface area contributed by atoms with Crippen LogP contribution in [0.25, 0.3) is 39.0 Å². The summed E-state index contributed by atoms with van der Waals surface area (Å²) in [4.78, 5) is 42.4. The molecule has 4 aliphatic heterocycles. The topological polar surface area (TPSA) is 126 Å². The van der Waals surface area contributed by atoms with E-state index in [9.17, 15) is 13.6 Å². The Kier molecular flexibility index (Phi) is 9.15. The molecule has 0 saturated carbocycles. The molecule has 5 atom stereocenters. The molecule has 3 saturated heterocycles. The molecule has 3 fully saturated rings. The number of nitrogens with zero attached hydrogens (tertiary/aromatic N) is 11. The number of piperidine rings is 1. The summed E-state index contributed by atoms with van der Waals surface area (Å²) in [5, 5.41) is 8.58. The van der Waals surface area contributed by atoms with Crippen molar-refractivity contribution in [1.82, 2.24) is 44.1 Å². The Morgan fingerprint density at radius 2 is 1.75 bits per heavy atom. The number of carbonyl (C=O) groups is 1. The van der Waals surface area contributed by atoms with Gasteiger partial charge in [-0.1, -0.05) is 6.07 Å². The molecule has 306 valence electrons. The van der Waals surface area contributed by atoms with E-state index in [0.717, 1.165) is 24.1 Å². The predicted molar refractivity (Wildman–Crippen MR) is 213 cm³/mol. The SMILES string of the molecule is CO[C@H]1CN(C)C(=O)[C@@H]2C[C@@H](CN2c2nc(N3C4CC3CN(CCF)C4)nc3c2cnn3-c2ccc(F)cc2F)Nc2cccc(n2)-c2cc(F)cc3nc(C)n(c23)C1. The Morgan fingerprint density at radius 3 is 2.53 bits per heavy atom. The van der Waals surface area contributed by atoms with E-state index >= 15 is 8.78 Å². The highest BCUT2D eigenvalue weighted by Crippen LogP contribution is 2.40. The van der Waals surface area contributed by atoms with Gasteiger partial charge in [0, 0.05) is 82.7 Å². The summed E-state index contributed by atoms with van der Waals surface area (Å²) in [5.41, 5.74) is 2.65. The summed E-state index contributed by atoms with van der Waals surface area (Å²) in [7, 11) is 3.35. The molecule has 18 heteroatoms. The molecule has 6 bridgehead atoms. The summed E-state index contributed by atoms with van der Waals surface area (Å²) in [6.07, 6.45) is 2.34. The Balaban J connectivity index is 1.09. The third-order valence-electron chi connectivity index (χ3n) is 12.2. The lowest BCUT2D eigenvalue weighted by Crippen LogP contribution is -2.69. The van der Waals surface area contributed by atoms with E-state index in [2.05, 4.69) is 25.2 Å². The van der Waals surface area contributed by atoms with Gasteiger partial charge in [-0.15, -0.1) is 0 Å². The number of likely N-dealkylation sites (tertiary alicyclic amines) is 1. The number of nitrogens with one attached hydrogen (secondary N) is 1. The number of carbonyl (C=O) groups excluding carboxylic acids is 1. The number of rotatable bonds is 6. The second-order valence-corrected chi connectivity index (χ2v) is 16.0. The Morgan fingerprint density at radius 1 is 0.915 bits per heavy atom. The van der Waals surface area contributed by atoms with Crippen molar-refractivity contribution in [3.8, 4) is 16.9 Å². The third-order valence-corrected chi connectivity index (χ3v) is 12.2. The van der Waals surface area contributed by atoms with Crippen LogP contribution >= 0.6 is 0 Å². The fourth-order valence-corrected chi connectivity index (χ4v) is 9.48. The molecule has 0 radical (unpaired) electrons. The highest BCUT2D eigenvalue weighted by atomic mass is 19.1. The molecule has 59 heavy (non-hydrogen) atoms. The number of aryl methyl sites for hydroxylation is 1. The Labute approximate surface area is 336 Å². The van der Waals surface area contributed by atoms with Crippen LogP contribution in [0.15, 0.2) is 54.7 Å². The number of imidazole rings is 1. The number of ether oxygens (including phenoxy) is 1. The minimum Gasteiger partial charge on any atom is -0.378 e. The van der Waals surface area contributed by atoms with Gasteiger partial charge in [-0.3, -0.25) is 9.69 Å². The van der Waals surface area contributed by atoms with Crippen LogP contribution in [0.4, 0.5) is 35.1 Å². The van der Waals surface area contributed by atoms with Crippen molar-refractivity contribution in [2.45, 2.75) is 56.6 Å². The van der Waals surface area contributed by atoms with Gasteiger partial charge in [-0.2, -0.15) is 15.1 Å². The lowest BCUT2D eigenvalue weighted by molar-refractivity contribution is -0.132. The van der Waals surface area contributed by atoms with Gasteiger partial charge in [0.25, 0.3) is 0 Å². The average molecular weight is 811 g/mol. The number of pyridine rings is 1. The Hall–Kier alpha value is -5.88. The highest BCUT2D eigenvalue weighted by molar-refractivity contribution is 5.94. The molecule has 0 spiro atoms. The number of hydrogen-bond donors (Lipinski definition) is 1. The van der Waals surface area contributed by atoms with E-state index < -0.39 is 36.3 Å². The van der Waals surface area contributed by atoms with Crippen molar-refractivity contribution in [3.63, 3.8) is 0 Å². The first kappa shape index (κ1) is 37.4. The smallest absolute Gasteiger partial charge is 0.245 e. The number of anilines is 3. The zero-order valence-electron chi connectivity index (χ0n) is 32.7. The minimum atomic E-state index is -0.813. The number of fused-ring (bicyclic) bond motifs is 8. The van der Waals surface area contributed by atoms with Crippen molar-refractivity contribution < 1.29 is 27.1 Å². The molecule has 2 aromatic carbocycles. The van der Waals surface area contributed by atoms with Crippen LogP contribution in [0.2, 0.25) is 0 Å². The molecular weight excluding hydrogens is 769 g/mol. The maximum absolute atomic E-state index is 15.4. The molecule has 0 aliphatic carbocycles. The number of benzene rings is 2. The number of aromatic nitrogens is 7. The molecule has 14 nitrogen and oxygen atoms in total. The molecule has 1 amide bonds. The van der Waals surface area contributed by atoms with Crippen LogP contribution in [0.1, 0.15) is 18.7 Å². The van der Waals surface area contributed by atoms with Crippen molar-refractivity contribution in [1.29, 1.82) is 0 Å². The van der Waals surface area contributed by atoms with Crippen molar-refractivity contribution in [2.24, 2.45) is 0 Å². The van der Waals surface area contributed by atoms with Crippen LogP contribution in [0.3, 0.4) is 0 Å². The van der Waals surface area contributed by atoms with Crippen LogP contribution < -0.4 is 15.1 Å². The maximum Gasteiger partial charge on any atom is 0.245 e. The van der Waals surface area contributed by atoms with E-state index in [0.29, 0.717) is 90.4 Å². The number of hydrogen-bond acceptors (Lipinski definition) is 11. The monoisotopic (exact) mass is 810 g/mol. The molecule has 2 unspecified atom stereocenters. The van der Waals surface area contributed by atoms with E-state index in [1.807, 2.05) is 34.6 Å². The number of amides is 1. The minimum absolute atomic E-state index is 0.00751. The molecule has 6 aromatic rings. The lowest BCUT2D eigenvalue weighted by atomic mass is 9.88. The average Bonchev–Trinajstić information content (AvgIpc) is 3.91. The van der Waals surface area contributed by atoms with Crippen LogP contribution in [-0.4, -0.2) is 134 Å². The van der Waals surface area contributed by atoms with Gasteiger partial charge in [0.05, 0.1) is 41.0 Å². The predicted octanol–water partition coefficient (Wildman–Crippen LogP) is 4.73. The summed E-state index contributed by atoms with van der Waals surface area (Å²) in [5.74, 6) is -0.111. The van der Waals surface area contributed by atoms with Crippen LogP contribution in [0, 0.1) is 24.4 Å². The largest absolute Gasteiger partial charge is 0.378 e. The molecule has 8 heterocycles. The second kappa shape index (κ2) is 14.4. The molecule has 1 N–H and O–H groups in total. The number of piperazine rings is 1. The first-order valence-corrected chi connectivity index (χ1v) is 19.8. The third kappa shape index (κ3) is 6.39. The molecule has 10 rings (SSSR count). The van der Waals surface area contributed by atoms with E-state index in [1.54, 1.807) is 25.3 Å². The van der Waals surface area contributed by atoms with Gasteiger partial charge in [-0.05, 0) is 50.1 Å². The van der Waals surface area contributed by atoms with Crippen molar-refractivity contribution >= 4 is 45.6 Å². The van der Waals surface area contributed by atoms with Crippen molar-refractivity contribution in [2.75, 3.05) is 68.7 Å². The quantitative estimate of drug-likeness (QED) is 0.235. The first-order chi connectivity index (χ1) is 28.6. The zero-order valence-corrected chi connectivity index (χ0v) is 32.7. The molecule has 4 aromatic heterocycles. The maximum atomic E-state index is 15.4. The van der Waals surface area contributed by atoms with Crippen LogP contribution in [-0.2, 0) is 16.1 Å². The molecule has 4 aliphatic rings. The number of halogens is 4. The normalized spacial score (nSPS) is 23.4. The van der Waals surface area contributed by atoms with Gasteiger partial charge in [0.1, 0.15) is 47.5 Å². The fraction of sp³-hybridized carbons (Fsp3) is 0.415. The fourth-order valence-electron chi connectivity index (χ4n) is 9.48. The summed E-state index contributed by atoms with van der Waals surface area (Å²) in [6.45, 7) is 3.93. The summed E-state index contributed by atoms with van der Waals surface area (Å²) in [6, 6.07) is 10.7. The van der Waals surface area contributed by atoms with Crippen LogP contribution in [0.5, 0.6) is 0 Å². The van der Waals surface area contributed by atoms with E-state index in [-0.39, 0.29) is 36.3 Å². The second-order valence-electron chi connectivity index (χ2n) is 16.0. The number of alkyl halides is 1. The highest BCUT2D eigenvalue weighted by Gasteiger charge is 2.47. The molecular formula is C41H42F4N12O2. The summed E-state index contributed by atoms with van der Waals surface area (Å²) < 4.78 is 67.3. The van der Waals surface area contributed by atoms with E-state index in [1.165, 1.54) is 22.9 Å². The standard InChI is InChI=1S/C41H42F4N12O2/c1-22-47-33-13-24(44)11-29-32-5-4-6-36(49-32)48-25-14-35(40(58)52(2)20-28(59-3)21-54(22)37(29)33)55(17-25)38-30-16-46-57(34-8-7-23(43)12-31(34)45)39(30)51-41(50-38)56-26-15-27(56)19-53(18-26)10-9-42/h4-8,11-13,16,25-28,35H,9-10,14-15,17-21H2,1-3H3,(H,48,49)/t25-,26?,27?,28-,35-/m0/s1. The lowest BCUT2D eigenvalue weighted by Gasteiger charge is -2.56. The number of likely N-dealkylation sites (N-methyl/N-ethyl adjacent to an activating group) is 1. The van der Waals surface area contributed by atoms with Gasteiger partial charge < -0.3 is 29.3 Å². The van der Waals surface area contributed by atoms with Gasteiger partial charge in [-0.25, -0.2) is 32.2 Å². The zero-order chi connectivity index (χ0) is 40.7. The van der Waals surface area contributed by atoms with Gasteiger partial charge in [0.15, 0.2) is 11.5 Å². The van der Waals surface area contributed by atoms with Gasteiger partial charge in [0.2, 0.25) is 11.9 Å². The van der Waals surface area contributed by atoms with Gasteiger partial charge >= 0.3 is 0 Å². The Bertz CT molecular complexity index is 2610. The first-order valence-electron chi connectivity index (χ1n) is 19.8. The van der Waals surface area contributed by atoms with Crippen molar-refractivity contribution in [3.05, 3.63) is 78.0 Å². The van der Waals surface area contributed by atoms with E-state index in [4.69, 9.17) is 19.7 Å². The summed E-state index contributed by atoms with van der Waals surface area (Å²) >= 11 is 0.